The molecule has 1 fully saturated rings. The Bertz CT molecular complexity index is 647. The highest BCUT2D eigenvalue weighted by atomic mass is 32.2. The van der Waals surface area contributed by atoms with Crippen molar-refractivity contribution < 1.29 is 17.9 Å². The minimum Gasteiger partial charge on any atom is -0.363 e. The fraction of sp³-hybridized carbons (Fsp3) is 0.562. The highest BCUT2D eigenvalue weighted by Gasteiger charge is 2.43. The quantitative estimate of drug-likeness (QED) is 0.793. The zero-order valence-electron chi connectivity index (χ0n) is 13.9. The Balaban J connectivity index is 2.00. The molecule has 0 bridgehead atoms. The van der Waals surface area contributed by atoms with Crippen LogP contribution in [-0.2, 0) is 26.0 Å². The predicted octanol–water partition coefficient (Wildman–Crippen LogP) is 0.738. The second-order valence-electron chi connectivity index (χ2n) is 6.14. The summed E-state index contributed by atoms with van der Waals surface area (Å²) in [5, 5.41) is 0. The van der Waals surface area contributed by atoms with Gasteiger partial charge in [-0.3, -0.25) is 4.79 Å². The molecule has 1 amide bonds. The molecule has 0 spiro atoms. The average Bonchev–Trinajstić information content (AvgIpc) is 2.52. The molecule has 1 aromatic carbocycles. The van der Waals surface area contributed by atoms with Gasteiger partial charge in [0.15, 0.2) is 5.60 Å². The molecule has 0 aliphatic carbocycles. The van der Waals surface area contributed by atoms with Gasteiger partial charge in [-0.1, -0.05) is 30.3 Å². The van der Waals surface area contributed by atoms with Crippen LogP contribution in [-0.4, -0.2) is 68.7 Å². The number of benzene rings is 1. The van der Waals surface area contributed by atoms with Crippen LogP contribution in [0.1, 0.15) is 12.5 Å². The van der Waals surface area contributed by atoms with Crippen molar-refractivity contribution >= 4 is 15.9 Å². The van der Waals surface area contributed by atoms with E-state index in [0.29, 0.717) is 6.54 Å². The third-order valence-corrected chi connectivity index (χ3v) is 5.34. The van der Waals surface area contributed by atoms with Crippen molar-refractivity contribution in [1.29, 1.82) is 0 Å². The first kappa shape index (κ1) is 17.9. The standard InChI is InChI=1S/C16H24N2O4S/c1-16(13-18(11-12-22-16)23(3,20)21)15(19)17(2)10-9-14-7-5-4-6-8-14/h4-8H,9-13H2,1-3H3/t16-/m0/s1. The van der Waals surface area contributed by atoms with Crippen LogP contribution < -0.4 is 0 Å². The van der Waals surface area contributed by atoms with Gasteiger partial charge in [0.2, 0.25) is 10.0 Å². The minimum absolute atomic E-state index is 0.0559. The third-order valence-electron chi connectivity index (χ3n) is 4.09. The Hall–Kier alpha value is -1.44. The number of hydrogen-bond donors (Lipinski definition) is 0. The lowest BCUT2D eigenvalue weighted by Crippen LogP contribution is -2.59. The summed E-state index contributed by atoms with van der Waals surface area (Å²) in [6, 6.07) is 9.92. The van der Waals surface area contributed by atoms with Crippen molar-refractivity contribution in [2.75, 3.05) is 39.5 Å². The molecule has 0 radical (unpaired) electrons. The van der Waals surface area contributed by atoms with Crippen LogP contribution in [0.5, 0.6) is 0 Å². The first-order chi connectivity index (χ1) is 10.7. The number of rotatable bonds is 5. The van der Waals surface area contributed by atoms with Gasteiger partial charge in [0.1, 0.15) is 0 Å². The maximum Gasteiger partial charge on any atom is 0.255 e. The molecule has 0 saturated carbocycles. The van der Waals surface area contributed by atoms with Crippen LogP contribution in [0.2, 0.25) is 0 Å². The zero-order chi connectivity index (χ0) is 17.1. The van der Waals surface area contributed by atoms with Gasteiger partial charge >= 0.3 is 0 Å². The second-order valence-corrected chi connectivity index (χ2v) is 8.12. The number of nitrogens with zero attached hydrogens (tertiary/aromatic N) is 2. The molecule has 1 saturated heterocycles. The lowest BCUT2D eigenvalue weighted by Gasteiger charge is -2.40. The summed E-state index contributed by atoms with van der Waals surface area (Å²) >= 11 is 0. The number of hydrogen-bond acceptors (Lipinski definition) is 4. The van der Waals surface area contributed by atoms with Crippen LogP contribution in [0.15, 0.2) is 30.3 Å². The molecular formula is C16H24N2O4S. The van der Waals surface area contributed by atoms with Crippen molar-refractivity contribution in [3.63, 3.8) is 0 Å². The van der Waals surface area contributed by atoms with Gasteiger partial charge in [-0.2, -0.15) is 4.31 Å². The van der Waals surface area contributed by atoms with Crippen molar-refractivity contribution in [3.05, 3.63) is 35.9 Å². The summed E-state index contributed by atoms with van der Waals surface area (Å²) in [5.74, 6) is -0.193. The summed E-state index contributed by atoms with van der Waals surface area (Å²) in [4.78, 5) is 14.3. The molecule has 0 unspecified atom stereocenters. The molecule has 0 aromatic heterocycles. The van der Waals surface area contributed by atoms with Crippen molar-refractivity contribution in [3.8, 4) is 0 Å². The topological polar surface area (TPSA) is 66.9 Å². The second kappa shape index (κ2) is 6.98. The molecular weight excluding hydrogens is 316 g/mol. The van der Waals surface area contributed by atoms with Gasteiger partial charge in [-0.25, -0.2) is 8.42 Å². The molecule has 1 aliphatic heterocycles. The molecule has 1 heterocycles. The highest BCUT2D eigenvalue weighted by molar-refractivity contribution is 7.88. The minimum atomic E-state index is -3.33. The molecule has 7 heteroatoms. The molecule has 6 nitrogen and oxygen atoms in total. The zero-order valence-corrected chi connectivity index (χ0v) is 14.7. The Morgan fingerprint density at radius 2 is 2.00 bits per heavy atom. The smallest absolute Gasteiger partial charge is 0.255 e. The van der Waals surface area contributed by atoms with E-state index in [4.69, 9.17) is 4.74 Å². The van der Waals surface area contributed by atoms with E-state index in [1.54, 1.807) is 18.9 Å². The molecule has 1 atom stereocenters. The Labute approximate surface area is 138 Å². The summed E-state index contributed by atoms with van der Waals surface area (Å²) in [5.41, 5.74) is 0.0203. The van der Waals surface area contributed by atoms with E-state index in [1.165, 1.54) is 4.31 Å². The number of likely N-dealkylation sites (N-methyl/N-ethyl adjacent to an activating group) is 1. The molecule has 128 valence electrons. The normalized spacial score (nSPS) is 22.7. The SMILES string of the molecule is CN(CCc1ccccc1)C(=O)[C@]1(C)CN(S(C)(=O)=O)CCO1. The van der Waals surface area contributed by atoms with E-state index in [9.17, 15) is 13.2 Å². The lowest BCUT2D eigenvalue weighted by atomic mass is 10.0. The fourth-order valence-electron chi connectivity index (χ4n) is 2.69. The lowest BCUT2D eigenvalue weighted by molar-refractivity contribution is -0.161. The number of sulfonamides is 1. The van der Waals surface area contributed by atoms with Crippen LogP contribution >= 0.6 is 0 Å². The van der Waals surface area contributed by atoms with E-state index in [0.717, 1.165) is 18.2 Å². The molecule has 2 rings (SSSR count). The van der Waals surface area contributed by atoms with Gasteiger partial charge in [0, 0.05) is 20.1 Å². The van der Waals surface area contributed by atoms with Gasteiger partial charge in [0.05, 0.1) is 19.4 Å². The summed E-state index contributed by atoms with van der Waals surface area (Å²) in [6.45, 7) is 2.78. The van der Waals surface area contributed by atoms with Gasteiger partial charge in [-0.05, 0) is 18.9 Å². The van der Waals surface area contributed by atoms with Crippen molar-refractivity contribution in [2.24, 2.45) is 0 Å². The van der Waals surface area contributed by atoms with Crippen LogP contribution in [0.4, 0.5) is 0 Å². The van der Waals surface area contributed by atoms with Gasteiger partial charge < -0.3 is 9.64 Å². The number of morpholine rings is 1. The monoisotopic (exact) mass is 340 g/mol. The van der Waals surface area contributed by atoms with E-state index in [-0.39, 0.29) is 25.6 Å². The maximum atomic E-state index is 12.7. The van der Waals surface area contributed by atoms with Crippen LogP contribution in [0.25, 0.3) is 0 Å². The molecule has 0 N–H and O–H groups in total. The van der Waals surface area contributed by atoms with E-state index < -0.39 is 15.6 Å². The number of ether oxygens (including phenoxy) is 1. The van der Waals surface area contributed by atoms with Gasteiger partial charge in [-0.15, -0.1) is 0 Å². The Morgan fingerprint density at radius 3 is 2.61 bits per heavy atom. The van der Waals surface area contributed by atoms with Gasteiger partial charge in [0.25, 0.3) is 5.91 Å². The van der Waals surface area contributed by atoms with Crippen molar-refractivity contribution in [2.45, 2.75) is 18.9 Å². The van der Waals surface area contributed by atoms with E-state index >= 15 is 0 Å². The summed E-state index contributed by atoms with van der Waals surface area (Å²) < 4.78 is 30.4. The first-order valence-electron chi connectivity index (χ1n) is 7.61. The first-order valence-corrected chi connectivity index (χ1v) is 9.46. The number of carbonyl (C=O) groups is 1. The number of amides is 1. The largest absolute Gasteiger partial charge is 0.363 e. The summed E-state index contributed by atoms with van der Waals surface area (Å²) in [7, 11) is -1.61. The van der Waals surface area contributed by atoms with E-state index in [2.05, 4.69) is 0 Å². The Morgan fingerprint density at radius 1 is 1.35 bits per heavy atom. The fourth-order valence-corrected chi connectivity index (χ4v) is 3.58. The molecule has 23 heavy (non-hydrogen) atoms. The average molecular weight is 340 g/mol. The van der Waals surface area contributed by atoms with Crippen LogP contribution in [0, 0.1) is 0 Å². The molecule has 1 aliphatic rings. The maximum absolute atomic E-state index is 12.7. The van der Waals surface area contributed by atoms with Crippen LogP contribution in [0.3, 0.4) is 0 Å². The third kappa shape index (κ3) is 4.53. The number of carbonyl (C=O) groups excluding carboxylic acids is 1. The Kier molecular flexibility index (Phi) is 5.44. The summed E-state index contributed by atoms with van der Waals surface area (Å²) in [6.07, 6.45) is 1.90. The highest BCUT2D eigenvalue weighted by Crippen LogP contribution is 2.22. The molecule has 1 aromatic rings. The predicted molar refractivity (Wildman–Crippen MR) is 88.6 cm³/mol. The van der Waals surface area contributed by atoms with E-state index in [1.807, 2.05) is 30.3 Å². The van der Waals surface area contributed by atoms with Crippen molar-refractivity contribution in [1.82, 2.24) is 9.21 Å².